The van der Waals surface area contributed by atoms with Crippen molar-refractivity contribution >= 4 is 32.4 Å². The molecule has 2 rings (SSSR count). The number of hydrogen-bond acceptors (Lipinski definition) is 0. The summed E-state index contributed by atoms with van der Waals surface area (Å²) in [5.74, 6) is 0.692. The summed E-state index contributed by atoms with van der Waals surface area (Å²) < 4.78 is 0. The van der Waals surface area contributed by atoms with Crippen molar-refractivity contribution in [3.05, 3.63) is 41.0 Å². The first kappa shape index (κ1) is 13.7. The average molecular weight is 366 g/mol. The zero-order valence-electron chi connectivity index (χ0n) is 8.93. The maximum atomic E-state index is 3.19. The predicted octanol–water partition coefficient (Wildman–Crippen LogP) is 4.97. The summed E-state index contributed by atoms with van der Waals surface area (Å²) in [6.45, 7) is 4.52. The molecule has 15 heavy (non-hydrogen) atoms. The molecule has 0 heterocycles. The standard InChI is InChI=1S/C12H14.2BrH.Ti/c1-9(2)12-7-10-5-3-4-6-11(10)8-12;;;/h3-7,9H,8H2,1-2H3;2*1H;/q;;;+2/p-2. The Labute approximate surface area is 114 Å². The Hall–Kier alpha value is 0.634. The van der Waals surface area contributed by atoms with E-state index >= 15 is 0 Å². The molecule has 0 fully saturated rings. The molecule has 0 N–H and O–H groups in total. The van der Waals surface area contributed by atoms with Crippen LogP contribution in [-0.2, 0) is 21.4 Å². The van der Waals surface area contributed by atoms with E-state index in [0.29, 0.717) is 5.92 Å². The maximum absolute atomic E-state index is 3.19. The molecule has 0 aliphatic heterocycles. The third-order valence-electron chi connectivity index (χ3n) is 2.53. The molecule has 1 aliphatic carbocycles. The predicted molar refractivity (Wildman–Crippen MR) is 70.8 cm³/mol. The van der Waals surface area contributed by atoms with Crippen molar-refractivity contribution in [3.63, 3.8) is 0 Å². The molecule has 80 valence electrons. The Morgan fingerprint density at radius 1 is 1.20 bits per heavy atom. The van der Waals surface area contributed by atoms with Crippen LogP contribution < -0.4 is 0 Å². The summed E-state index contributed by atoms with van der Waals surface area (Å²) in [4.78, 5) is 0. The molecular weight excluding hydrogens is 352 g/mol. The minimum absolute atomic E-state index is 0.125. The SMILES string of the molecule is CC(C)C1=Cc2ccccc2C1.[Br][Ti][Br]. The topological polar surface area (TPSA) is 0 Å². The minimum atomic E-state index is 0.125. The van der Waals surface area contributed by atoms with Crippen molar-refractivity contribution in [1.82, 2.24) is 0 Å². The van der Waals surface area contributed by atoms with Gasteiger partial charge >= 0.3 is 41.3 Å². The van der Waals surface area contributed by atoms with Crippen LogP contribution in [0.2, 0.25) is 0 Å². The molecular formula is C12H14Br2Ti. The molecule has 0 aromatic heterocycles. The van der Waals surface area contributed by atoms with Crippen LogP contribution in [0.4, 0.5) is 0 Å². The first-order valence-corrected chi connectivity index (χ1v) is 12.7. The molecule has 0 atom stereocenters. The summed E-state index contributed by atoms with van der Waals surface area (Å²) in [6.07, 6.45) is 3.49. The van der Waals surface area contributed by atoms with Gasteiger partial charge in [0.15, 0.2) is 0 Å². The summed E-state index contributed by atoms with van der Waals surface area (Å²) in [5, 5.41) is 0. The molecule has 0 spiro atoms. The molecule has 3 heteroatoms. The van der Waals surface area contributed by atoms with E-state index in [4.69, 9.17) is 0 Å². The second kappa shape index (κ2) is 7.06. The normalized spacial score (nSPS) is 12.7. The molecule has 0 nitrogen and oxygen atoms in total. The fraction of sp³-hybridized carbons (Fsp3) is 0.333. The quantitative estimate of drug-likeness (QED) is 0.616. The van der Waals surface area contributed by atoms with Crippen LogP contribution in [-0.4, -0.2) is 0 Å². The monoisotopic (exact) mass is 364 g/mol. The van der Waals surface area contributed by atoms with Crippen molar-refractivity contribution in [2.24, 2.45) is 5.92 Å². The van der Waals surface area contributed by atoms with E-state index in [-0.39, 0.29) is 15.0 Å². The van der Waals surface area contributed by atoms with Crippen molar-refractivity contribution in [1.29, 1.82) is 0 Å². The van der Waals surface area contributed by atoms with Gasteiger partial charge in [-0.05, 0) is 23.5 Å². The van der Waals surface area contributed by atoms with E-state index in [1.807, 2.05) is 0 Å². The Morgan fingerprint density at radius 2 is 1.80 bits per heavy atom. The van der Waals surface area contributed by atoms with Crippen molar-refractivity contribution in [3.8, 4) is 0 Å². The van der Waals surface area contributed by atoms with E-state index in [9.17, 15) is 0 Å². The molecule has 1 aromatic rings. The zero-order valence-corrected chi connectivity index (χ0v) is 13.7. The van der Waals surface area contributed by atoms with Crippen LogP contribution in [0.15, 0.2) is 29.8 Å². The number of fused-ring (bicyclic) bond motifs is 1. The first-order chi connectivity index (χ1) is 7.19. The number of benzene rings is 1. The Balaban J connectivity index is 0.000000337. The number of hydrogen-bond donors (Lipinski definition) is 0. The summed E-state index contributed by atoms with van der Waals surface area (Å²) >= 11 is 6.50. The second-order valence-corrected chi connectivity index (χ2v) is 11.7. The van der Waals surface area contributed by atoms with Gasteiger partial charge in [0.25, 0.3) is 0 Å². The van der Waals surface area contributed by atoms with Gasteiger partial charge < -0.3 is 0 Å². The molecule has 1 aromatic carbocycles. The van der Waals surface area contributed by atoms with Crippen LogP contribution in [0.25, 0.3) is 6.08 Å². The van der Waals surface area contributed by atoms with Gasteiger partial charge in [-0.2, -0.15) is 0 Å². The third kappa shape index (κ3) is 4.18. The summed E-state index contributed by atoms with van der Waals surface area (Å²) in [7, 11) is 0. The van der Waals surface area contributed by atoms with Crippen LogP contribution in [0.5, 0.6) is 0 Å². The Morgan fingerprint density at radius 3 is 2.33 bits per heavy atom. The van der Waals surface area contributed by atoms with E-state index in [0.717, 1.165) is 6.42 Å². The van der Waals surface area contributed by atoms with Crippen molar-refractivity contribution in [2.75, 3.05) is 0 Å². The van der Waals surface area contributed by atoms with E-state index in [2.05, 4.69) is 70.5 Å². The molecule has 0 saturated heterocycles. The fourth-order valence-electron chi connectivity index (χ4n) is 1.68. The first-order valence-electron chi connectivity index (χ1n) is 4.93. The van der Waals surface area contributed by atoms with Gasteiger partial charge in [0.2, 0.25) is 0 Å². The van der Waals surface area contributed by atoms with Gasteiger partial charge in [-0.1, -0.05) is 49.8 Å². The van der Waals surface area contributed by atoms with Crippen molar-refractivity contribution < 1.29 is 15.0 Å². The molecule has 0 bridgehead atoms. The van der Waals surface area contributed by atoms with Crippen LogP contribution in [0, 0.1) is 5.92 Å². The molecule has 0 radical (unpaired) electrons. The average Bonchev–Trinajstić information content (AvgIpc) is 2.62. The molecule has 0 unspecified atom stereocenters. The molecule has 0 saturated carbocycles. The van der Waals surface area contributed by atoms with E-state index in [1.54, 1.807) is 5.57 Å². The van der Waals surface area contributed by atoms with Gasteiger partial charge in [0.05, 0.1) is 0 Å². The molecule has 0 amide bonds. The van der Waals surface area contributed by atoms with Gasteiger partial charge in [0.1, 0.15) is 0 Å². The Kier molecular flexibility index (Phi) is 6.44. The fourth-order valence-corrected chi connectivity index (χ4v) is 1.68. The van der Waals surface area contributed by atoms with Crippen LogP contribution in [0.1, 0.15) is 25.0 Å². The Bertz CT molecular complexity index is 345. The number of halogens is 2. The number of allylic oxidation sites excluding steroid dienone is 1. The third-order valence-corrected chi connectivity index (χ3v) is 2.53. The zero-order chi connectivity index (χ0) is 11.3. The van der Waals surface area contributed by atoms with E-state index < -0.39 is 0 Å². The summed E-state index contributed by atoms with van der Waals surface area (Å²) in [5.41, 5.74) is 4.47. The molecule has 1 aliphatic rings. The second-order valence-electron chi connectivity index (χ2n) is 3.82. The van der Waals surface area contributed by atoms with Crippen molar-refractivity contribution in [2.45, 2.75) is 20.3 Å². The summed E-state index contributed by atoms with van der Waals surface area (Å²) in [6, 6.07) is 8.65. The van der Waals surface area contributed by atoms with Gasteiger partial charge in [-0.25, -0.2) is 0 Å². The van der Waals surface area contributed by atoms with Gasteiger partial charge in [-0.15, -0.1) is 0 Å². The van der Waals surface area contributed by atoms with Crippen LogP contribution >= 0.6 is 26.3 Å². The van der Waals surface area contributed by atoms with Gasteiger partial charge in [0, 0.05) is 0 Å². The van der Waals surface area contributed by atoms with E-state index in [1.165, 1.54) is 11.1 Å². The number of rotatable bonds is 1. The van der Waals surface area contributed by atoms with Crippen LogP contribution in [0.3, 0.4) is 0 Å². The van der Waals surface area contributed by atoms with Gasteiger partial charge in [-0.3, -0.25) is 0 Å².